The number of hydrogen-bond donors (Lipinski definition) is 3. The van der Waals surface area contributed by atoms with E-state index >= 15 is 0 Å². The summed E-state index contributed by atoms with van der Waals surface area (Å²) in [5, 5.41) is 21.1. The highest BCUT2D eigenvalue weighted by molar-refractivity contribution is 6.00. The van der Waals surface area contributed by atoms with E-state index in [1.807, 2.05) is 0 Å². The minimum absolute atomic E-state index is 0.242. The van der Waals surface area contributed by atoms with Crippen LogP contribution in [0.1, 0.15) is 16.8 Å². The molecule has 8 nitrogen and oxygen atoms in total. The molecular weight excluding hydrogens is 282 g/mol. The van der Waals surface area contributed by atoms with Crippen LogP contribution in [0.2, 0.25) is 0 Å². The van der Waals surface area contributed by atoms with Gasteiger partial charge < -0.3 is 25.0 Å². The van der Waals surface area contributed by atoms with Crippen molar-refractivity contribution in [2.75, 3.05) is 14.2 Å². The van der Waals surface area contributed by atoms with Gasteiger partial charge in [-0.2, -0.15) is 0 Å². The first-order valence-electron chi connectivity index (χ1n) is 5.87. The second-order valence-electron chi connectivity index (χ2n) is 4.00. The maximum absolute atomic E-state index is 12.0. The number of hydrogen-bond acceptors (Lipinski definition) is 7. The van der Waals surface area contributed by atoms with Crippen molar-refractivity contribution >= 4 is 17.8 Å². The molecule has 0 heterocycles. The van der Waals surface area contributed by atoms with Crippen molar-refractivity contribution in [3.8, 4) is 11.5 Å². The fourth-order valence-electron chi connectivity index (χ4n) is 1.54. The Bertz CT molecular complexity index is 555. The lowest BCUT2D eigenvalue weighted by Gasteiger charge is -2.16. The minimum atomic E-state index is -1.27. The van der Waals surface area contributed by atoms with Gasteiger partial charge >= 0.3 is 11.9 Å². The molecule has 0 aliphatic heterocycles. The summed E-state index contributed by atoms with van der Waals surface area (Å²) in [4.78, 5) is 34.7. The number of rotatable bonds is 5. The summed E-state index contributed by atoms with van der Waals surface area (Å²) >= 11 is 0. The molecule has 1 atom stereocenters. The molecule has 0 spiro atoms. The van der Waals surface area contributed by atoms with Crippen LogP contribution in [0.4, 0.5) is 0 Å². The monoisotopic (exact) mass is 297 g/mol. The summed E-state index contributed by atoms with van der Waals surface area (Å²) in [7, 11) is 2.24. The zero-order chi connectivity index (χ0) is 16.0. The number of nitrogens with one attached hydrogen (secondary N) is 1. The molecule has 0 aromatic heterocycles. The Hall–Kier alpha value is -2.77. The van der Waals surface area contributed by atoms with Crippen LogP contribution < -0.4 is 5.32 Å². The Morgan fingerprint density at radius 1 is 1.19 bits per heavy atom. The number of carbonyl (C=O) groups is 3. The van der Waals surface area contributed by atoms with Crippen molar-refractivity contribution in [3.05, 3.63) is 23.8 Å². The molecule has 0 saturated heterocycles. The molecule has 8 heteroatoms. The van der Waals surface area contributed by atoms with E-state index in [1.165, 1.54) is 18.2 Å². The van der Waals surface area contributed by atoms with Crippen LogP contribution in [-0.2, 0) is 19.1 Å². The first-order chi connectivity index (χ1) is 9.90. The zero-order valence-corrected chi connectivity index (χ0v) is 11.5. The van der Waals surface area contributed by atoms with E-state index in [0.717, 1.165) is 14.2 Å². The second-order valence-corrected chi connectivity index (χ2v) is 4.00. The number of methoxy groups -OCH3 is 2. The standard InChI is InChI=1S/C13H15NO7/c1-20-10(16)6-8(13(19)21-2)14-12(18)7-4-3-5-9(15)11(7)17/h3-5,8,15,17H,6H2,1-2H3,(H,14,18)/t8-/m1/s1. The number of phenols is 2. The highest BCUT2D eigenvalue weighted by Crippen LogP contribution is 2.28. The molecular formula is C13H15NO7. The number of ether oxygens (including phenoxy) is 2. The van der Waals surface area contributed by atoms with Crippen LogP contribution in [0.3, 0.4) is 0 Å². The Kier molecular flexibility index (Phi) is 5.53. The summed E-state index contributed by atoms with van der Waals surface area (Å²) < 4.78 is 8.89. The fourth-order valence-corrected chi connectivity index (χ4v) is 1.54. The molecule has 1 amide bonds. The topological polar surface area (TPSA) is 122 Å². The van der Waals surface area contributed by atoms with Gasteiger partial charge in [-0.1, -0.05) is 6.07 Å². The highest BCUT2D eigenvalue weighted by atomic mass is 16.5. The van der Waals surface area contributed by atoms with Crippen LogP contribution in [-0.4, -0.2) is 48.3 Å². The van der Waals surface area contributed by atoms with Crippen molar-refractivity contribution < 1.29 is 34.1 Å². The van der Waals surface area contributed by atoms with Crippen molar-refractivity contribution in [3.63, 3.8) is 0 Å². The predicted octanol–water partition coefficient (Wildman–Crippen LogP) is -0.0677. The van der Waals surface area contributed by atoms with E-state index in [1.54, 1.807) is 0 Å². The van der Waals surface area contributed by atoms with Gasteiger partial charge in [0.2, 0.25) is 0 Å². The minimum Gasteiger partial charge on any atom is -0.504 e. The van der Waals surface area contributed by atoms with Crippen LogP contribution >= 0.6 is 0 Å². The van der Waals surface area contributed by atoms with Gasteiger partial charge in [-0.3, -0.25) is 9.59 Å². The average Bonchev–Trinajstić information content (AvgIpc) is 2.48. The Morgan fingerprint density at radius 3 is 2.43 bits per heavy atom. The van der Waals surface area contributed by atoms with Gasteiger partial charge in [0.25, 0.3) is 5.91 Å². The summed E-state index contributed by atoms with van der Waals surface area (Å²) in [6, 6.07) is 2.52. The van der Waals surface area contributed by atoms with Gasteiger partial charge in [0.1, 0.15) is 6.04 Å². The lowest BCUT2D eigenvalue weighted by molar-refractivity contribution is -0.149. The smallest absolute Gasteiger partial charge is 0.328 e. The van der Waals surface area contributed by atoms with E-state index in [-0.39, 0.29) is 5.56 Å². The number of phenolic OH excluding ortho intramolecular Hbond substituents is 2. The number of esters is 2. The molecule has 1 rings (SSSR count). The first kappa shape index (κ1) is 16.3. The molecule has 1 aromatic carbocycles. The van der Waals surface area contributed by atoms with E-state index in [4.69, 9.17) is 0 Å². The zero-order valence-electron chi connectivity index (χ0n) is 11.5. The fraction of sp³-hybridized carbons (Fsp3) is 0.308. The summed E-state index contributed by atoms with van der Waals surface area (Å²) in [6.07, 6.45) is -0.422. The SMILES string of the molecule is COC(=O)C[C@@H](NC(=O)c1cccc(O)c1O)C(=O)OC. The molecule has 0 bridgehead atoms. The largest absolute Gasteiger partial charge is 0.504 e. The molecule has 1 aromatic rings. The van der Waals surface area contributed by atoms with E-state index in [2.05, 4.69) is 14.8 Å². The number of amides is 1. The summed E-state index contributed by atoms with van der Waals surface area (Å²) in [6.45, 7) is 0. The van der Waals surface area contributed by atoms with Crippen molar-refractivity contribution in [2.45, 2.75) is 12.5 Å². The number of carbonyl (C=O) groups excluding carboxylic acids is 3. The van der Waals surface area contributed by atoms with Crippen molar-refractivity contribution in [1.82, 2.24) is 5.32 Å². The van der Waals surface area contributed by atoms with Gasteiger partial charge in [-0.25, -0.2) is 4.79 Å². The highest BCUT2D eigenvalue weighted by Gasteiger charge is 2.26. The number of benzene rings is 1. The Balaban J connectivity index is 2.92. The summed E-state index contributed by atoms with van der Waals surface area (Å²) in [5.41, 5.74) is -0.242. The molecule has 0 saturated carbocycles. The lowest BCUT2D eigenvalue weighted by atomic mass is 10.1. The molecule has 3 N–H and O–H groups in total. The van der Waals surface area contributed by atoms with Crippen LogP contribution in [0.25, 0.3) is 0 Å². The first-order valence-corrected chi connectivity index (χ1v) is 5.87. The second kappa shape index (κ2) is 7.13. The Labute approximate surface area is 120 Å². The van der Waals surface area contributed by atoms with Gasteiger partial charge in [0.15, 0.2) is 11.5 Å². The predicted molar refractivity (Wildman–Crippen MR) is 69.7 cm³/mol. The average molecular weight is 297 g/mol. The maximum atomic E-state index is 12.0. The molecule has 0 aliphatic rings. The van der Waals surface area contributed by atoms with Crippen LogP contribution in [0.15, 0.2) is 18.2 Å². The van der Waals surface area contributed by atoms with E-state index < -0.39 is 41.8 Å². The lowest BCUT2D eigenvalue weighted by Crippen LogP contribution is -2.43. The van der Waals surface area contributed by atoms with Crippen molar-refractivity contribution in [2.24, 2.45) is 0 Å². The van der Waals surface area contributed by atoms with Gasteiger partial charge in [0, 0.05) is 0 Å². The number of aromatic hydroxyl groups is 2. The third-order valence-electron chi connectivity index (χ3n) is 2.65. The van der Waals surface area contributed by atoms with E-state index in [9.17, 15) is 24.6 Å². The molecule has 114 valence electrons. The van der Waals surface area contributed by atoms with Crippen molar-refractivity contribution in [1.29, 1.82) is 0 Å². The molecule has 0 aliphatic carbocycles. The van der Waals surface area contributed by atoms with Crippen LogP contribution in [0, 0.1) is 0 Å². The normalized spacial score (nSPS) is 11.3. The molecule has 0 radical (unpaired) electrons. The number of para-hydroxylation sites is 1. The maximum Gasteiger partial charge on any atom is 0.328 e. The van der Waals surface area contributed by atoms with Gasteiger partial charge in [-0.05, 0) is 12.1 Å². The summed E-state index contributed by atoms with van der Waals surface area (Å²) in [5.74, 6) is -3.51. The molecule has 0 fully saturated rings. The molecule has 21 heavy (non-hydrogen) atoms. The Morgan fingerprint density at radius 2 is 1.86 bits per heavy atom. The molecule has 0 unspecified atom stereocenters. The third kappa shape index (κ3) is 4.10. The third-order valence-corrected chi connectivity index (χ3v) is 2.65. The van der Waals surface area contributed by atoms with Crippen LogP contribution in [0.5, 0.6) is 11.5 Å². The van der Waals surface area contributed by atoms with Gasteiger partial charge in [-0.15, -0.1) is 0 Å². The van der Waals surface area contributed by atoms with E-state index in [0.29, 0.717) is 0 Å². The van der Waals surface area contributed by atoms with Gasteiger partial charge in [0.05, 0.1) is 26.2 Å². The quantitative estimate of drug-likeness (QED) is 0.513.